The lowest BCUT2D eigenvalue weighted by Crippen LogP contribution is -3.14. The van der Waals surface area contributed by atoms with Crippen LogP contribution in [0.3, 0.4) is 0 Å². The zero-order valence-corrected chi connectivity index (χ0v) is 17.5. The van der Waals surface area contributed by atoms with Crippen molar-refractivity contribution in [3.05, 3.63) is 75.8 Å². The van der Waals surface area contributed by atoms with Crippen LogP contribution in [0.1, 0.15) is 15.9 Å². The summed E-state index contributed by atoms with van der Waals surface area (Å²) in [6.07, 6.45) is 4.31. The molecule has 1 saturated heterocycles. The third-order valence-electron chi connectivity index (χ3n) is 4.92. The Labute approximate surface area is 180 Å². The second-order valence-corrected chi connectivity index (χ2v) is 7.80. The molecule has 2 N–H and O–H groups in total. The molecular formula is C22H24Cl2N3O2+. The van der Waals surface area contributed by atoms with E-state index in [4.69, 9.17) is 23.2 Å². The van der Waals surface area contributed by atoms with Crippen LogP contribution in [0.25, 0.3) is 6.08 Å². The van der Waals surface area contributed by atoms with Crippen molar-refractivity contribution in [1.29, 1.82) is 0 Å². The molecule has 0 radical (unpaired) electrons. The lowest BCUT2D eigenvalue weighted by Gasteiger charge is -2.31. The van der Waals surface area contributed by atoms with Gasteiger partial charge in [0.2, 0.25) is 5.91 Å². The number of benzene rings is 2. The summed E-state index contributed by atoms with van der Waals surface area (Å²) in [5, 5.41) is 3.37. The van der Waals surface area contributed by atoms with Crippen molar-refractivity contribution in [2.75, 3.05) is 39.3 Å². The Balaban J connectivity index is 1.40. The van der Waals surface area contributed by atoms with E-state index in [1.54, 1.807) is 17.0 Å². The molecule has 0 aromatic heterocycles. The maximum Gasteiger partial charge on any atom is 0.253 e. The number of hydrogen-bond donors (Lipinski definition) is 2. The molecule has 0 aliphatic carbocycles. The minimum atomic E-state index is -0.379. The van der Waals surface area contributed by atoms with E-state index < -0.39 is 0 Å². The summed E-state index contributed by atoms with van der Waals surface area (Å²) in [7, 11) is 0. The Morgan fingerprint density at radius 1 is 1.07 bits per heavy atom. The first-order chi connectivity index (χ1) is 14.0. The number of nitrogens with zero attached hydrogens (tertiary/aromatic N) is 1. The number of quaternary nitrogens is 1. The van der Waals surface area contributed by atoms with Gasteiger partial charge in [-0.3, -0.25) is 9.59 Å². The molecule has 0 atom stereocenters. The van der Waals surface area contributed by atoms with Crippen LogP contribution in [0.2, 0.25) is 10.0 Å². The van der Waals surface area contributed by atoms with E-state index in [1.807, 2.05) is 18.2 Å². The second kappa shape index (κ2) is 10.4. The van der Waals surface area contributed by atoms with Gasteiger partial charge in [0.1, 0.15) is 0 Å². The molecule has 0 spiro atoms. The van der Waals surface area contributed by atoms with Crippen molar-refractivity contribution in [3.63, 3.8) is 0 Å². The van der Waals surface area contributed by atoms with Crippen molar-refractivity contribution in [2.45, 2.75) is 0 Å². The fourth-order valence-electron chi connectivity index (χ4n) is 3.24. The number of rotatable bonds is 6. The van der Waals surface area contributed by atoms with E-state index in [0.29, 0.717) is 23.7 Å². The van der Waals surface area contributed by atoms with E-state index >= 15 is 0 Å². The highest BCUT2D eigenvalue weighted by molar-refractivity contribution is 6.36. The summed E-state index contributed by atoms with van der Waals surface area (Å²) in [4.78, 5) is 27.9. The minimum absolute atomic E-state index is 0.0406. The molecule has 3 rings (SSSR count). The van der Waals surface area contributed by atoms with Crippen LogP contribution in [0.15, 0.2) is 54.6 Å². The van der Waals surface area contributed by atoms with Crippen LogP contribution in [0.5, 0.6) is 0 Å². The Morgan fingerprint density at radius 3 is 2.48 bits per heavy atom. The average Bonchev–Trinajstić information content (AvgIpc) is 2.73. The highest BCUT2D eigenvalue weighted by Gasteiger charge is 2.23. The van der Waals surface area contributed by atoms with E-state index in [-0.39, 0.29) is 23.4 Å². The quantitative estimate of drug-likeness (QED) is 0.734. The van der Waals surface area contributed by atoms with Gasteiger partial charge in [-0.25, -0.2) is 0 Å². The van der Waals surface area contributed by atoms with Crippen molar-refractivity contribution in [3.8, 4) is 0 Å². The van der Waals surface area contributed by atoms with Gasteiger partial charge in [-0.05, 0) is 29.8 Å². The Morgan fingerprint density at radius 2 is 1.79 bits per heavy atom. The molecule has 29 heavy (non-hydrogen) atoms. The summed E-state index contributed by atoms with van der Waals surface area (Å²) in [6, 6.07) is 14.9. The van der Waals surface area contributed by atoms with Gasteiger partial charge in [0.05, 0.1) is 49.9 Å². The summed E-state index contributed by atoms with van der Waals surface area (Å²) >= 11 is 11.9. The van der Waals surface area contributed by atoms with E-state index in [9.17, 15) is 9.59 Å². The van der Waals surface area contributed by atoms with Crippen LogP contribution < -0.4 is 10.2 Å². The first-order valence-electron chi connectivity index (χ1n) is 9.59. The van der Waals surface area contributed by atoms with Crippen LogP contribution in [0, 0.1) is 0 Å². The largest absolute Gasteiger partial charge is 0.343 e. The highest BCUT2D eigenvalue weighted by Crippen LogP contribution is 2.20. The molecule has 1 fully saturated rings. The summed E-state index contributed by atoms with van der Waals surface area (Å²) in [5.74, 6) is -0.461. The second-order valence-electron chi connectivity index (χ2n) is 6.95. The normalized spacial score (nSPS) is 14.9. The van der Waals surface area contributed by atoms with E-state index in [1.165, 1.54) is 16.5 Å². The summed E-state index contributed by atoms with van der Waals surface area (Å²) in [6.45, 7) is 4.04. The maximum atomic E-state index is 12.4. The zero-order chi connectivity index (χ0) is 20.6. The number of hydrogen-bond acceptors (Lipinski definition) is 2. The molecule has 2 amide bonds. The molecule has 7 heteroatoms. The van der Waals surface area contributed by atoms with Crippen molar-refractivity contribution >= 4 is 41.1 Å². The van der Waals surface area contributed by atoms with Gasteiger partial charge in [-0.1, -0.05) is 59.6 Å². The molecule has 1 heterocycles. The summed E-state index contributed by atoms with van der Waals surface area (Å²) < 4.78 is 0. The van der Waals surface area contributed by atoms with Gasteiger partial charge in [0.15, 0.2) is 0 Å². The first-order valence-corrected chi connectivity index (χ1v) is 10.3. The highest BCUT2D eigenvalue weighted by atomic mass is 35.5. The van der Waals surface area contributed by atoms with Gasteiger partial charge in [-0.15, -0.1) is 0 Å². The predicted octanol–water partition coefficient (Wildman–Crippen LogP) is 2.16. The zero-order valence-electron chi connectivity index (χ0n) is 16.0. The van der Waals surface area contributed by atoms with E-state index in [2.05, 4.69) is 29.6 Å². The van der Waals surface area contributed by atoms with Crippen LogP contribution in [-0.2, 0) is 4.79 Å². The molecule has 0 bridgehead atoms. The van der Waals surface area contributed by atoms with Crippen LogP contribution in [0.4, 0.5) is 0 Å². The first kappa shape index (κ1) is 21.4. The predicted molar refractivity (Wildman–Crippen MR) is 116 cm³/mol. The Bertz CT molecular complexity index is 879. The van der Waals surface area contributed by atoms with Gasteiger partial charge >= 0.3 is 0 Å². The topological polar surface area (TPSA) is 53.9 Å². The van der Waals surface area contributed by atoms with Gasteiger partial charge in [-0.2, -0.15) is 0 Å². The van der Waals surface area contributed by atoms with Gasteiger partial charge in [0, 0.05) is 5.02 Å². The lowest BCUT2D eigenvalue weighted by atomic mass is 10.2. The van der Waals surface area contributed by atoms with Crippen LogP contribution >= 0.6 is 23.2 Å². The molecule has 1 aliphatic heterocycles. The maximum absolute atomic E-state index is 12.4. The monoisotopic (exact) mass is 432 g/mol. The van der Waals surface area contributed by atoms with Crippen molar-refractivity contribution < 1.29 is 14.5 Å². The van der Waals surface area contributed by atoms with Crippen molar-refractivity contribution in [2.24, 2.45) is 0 Å². The number of piperazine rings is 1. The van der Waals surface area contributed by atoms with Crippen LogP contribution in [-0.4, -0.2) is 56.0 Å². The third-order valence-corrected chi connectivity index (χ3v) is 5.46. The number of carbonyl (C=O) groups is 2. The molecule has 0 unspecified atom stereocenters. The smallest absolute Gasteiger partial charge is 0.253 e. The third kappa shape index (κ3) is 6.32. The molecule has 0 saturated carbocycles. The average molecular weight is 433 g/mol. The molecule has 2 aromatic rings. The molecule has 5 nitrogen and oxygen atoms in total. The van der Waals surface area contributed by atoms with Gasteiger partial charge in [0.25, 0.3) is 5.91 Å². The number of halogens is 2. The minimum Gasteiger partial charge on any atom is -0.343 e. The Hall–Kier alpha value is -2.34. The summed E-state index contributed by atoms with van der Waals surface area (Å²) in [5.41, 5.74) is 1.50. The number of amides is 2. The molecule has 152 valence electrons. The standard InChI is InChI=1S/C22H23Cl2N3O2/c23-18-8-9-19(20(24)15-18)22(29)25-16-21(28)27-13-11-26(12-14-27)10-4-7-17-5-2-1-3-6-17/h1-9,15H,10-14,16H2,(H,25,29)/p+1/b7-4+. The van der Waals surface area contributed by atoms with E-state index in [0.717, 1.165) is 19.6 Å². The number of nitrogens with one attached hydrogen (secondary N) is 2. The fourth-order valence-corrected chi connectivity index (χ4v) is 3.73. The molecular weight excluding hydrogens is 409 g/mol. The van der Waals surface area contributed by atoms with Gasteiger partial charge < -0.3 is 15.1 Å². The van der Waals surface area contributed by atoms with Crippen molar-refractivity contribution in [1.82, 2.24) is 10.2 Å². The number of carbonyl (C=O) groups excluding carboxylic acids is 2. The Kier molecular flexibility index (Phi) is 7.69. The fraction of sp³-hybridized carbons (Fsp3) is 0.273. The molecule has 1 aliphatic rings. The SMILES string of the molecule is O=C(NCC(=O)N1CC[NH+](C/C=C/c2ccccc2)CC1)c1ccc(Cl)cc1Cl. The lowest BCUT2D eigenvalue weighted by molar-refractivity contribution is -0.898. The molecule has 2 aromatic carbocycles.